The van der Waals surface area contributed by atoms with E-state index < -0.39 is 0 Å². The van der Waals surface area contributed by atoms with Gasteiger partial charge >= 0.3 is 0 Å². The number of nitrogen functional groups attached to an aromatic ring is 1. The molecule has 2 aromatic heterocycles. The van der Waals surface area contributed by atoms with Gasteiger partial charge in [0.25, 0.3) is 0 Å². The number of benzene rings is 1. The van der Waals surface area contributed by atoms with Crippen LogP contribution in [0.4, 0.5) is 11.4 Å². The molecule has 0 saturated heterocycles. The second-order valence-electron chi connectivity index (χ2n) is 5.52. The van der Waals surface area contributed by atoms with Gasteiger partial charge in [0.1, 0.15) is 0 Å². The van der Waals surface area contributed by atoms with E-state index in [0.717, 1.165) is 28.8 Å². The van der Waals surface area contributed by atoms with Gasteiger partial charge in [-0.25, -0.2) is 0 Å². The summed E-state index contributed by atoms with van der Waals surface area (Å²) in [6.45, 7) is 0.931. The average Bonchev–Trinajstić information content (AvgIpc) is 3.23. The summed E-state index contributed by atoms with van der Waals surface area (Å²) in [5.74, 6) is 0. The molecule has 3 nitrogen and oxygen atoms in total. The quantitative estimate of drug-likeness (QED) is 0.789. The van der Waals surface area contributed by atoms with Crippen LogP contribution >= 0.6 is 11.3 Å². The van der Waals surface area contributed by atoms with Crippen molar-refractivity contribution in [1.29, 1.82) is 0 Å². The van der Waals surface area contributed by atoms with Crippen molar-refractivity contribution in [1.82, 2.24) is 4.98 Å². The molecule has 106 valence electrons. The second-order valence-corrected chi connectivity index (χ2v) is 6.55. The molecule has 0 bridgehead atoms. The van der Waals surface area contributed by atoms with Crippen molar-refractivity contribution in [2.24, 2.45) is 0 Å². The SMILES string of the molecule is Nc1cnc2ccccc2c1N(Cc1cccs1)C1CC1. The summed E-state index contributed by atoms with van der Waals surface area (Å²) in [5.41, 5.74) is 9.22. The maximum absolute atomic E-state index is 6.28. The molecule has 0 amide bonds. The first-order chi connectivity index (χ1) is 10.3. The lowest BCUT2D eigenvalue weighted by Crippen LogP contribution is -2.25. The van der Waals surface area contributed by atoms with Crippen molar-refractivity contribution in [3.8, 4) is 0 Å². The van der Waals surface area contributed by atoms with Crippen LogP contribution in [-0.2, 0) is 6.54 Å². The Bertz CT molecular complexity index is 763. The third-order valence-electron chi connectivity index (χ3n) is 3.96. The van der Waals surface area contributed by atoms with Gasteiger partial charge < -0.3 is 10.6 Å². The summed E-state index contributed by atoms with van der Waals surface area (Å²) >= 11 is 1.80. The van der Waals surface area contributed by atoms with E-state index in [1.54, 1.807) is 17.5 Å². The number of fused-ring (bicyclic) bond motifs is 1. The molecule has 1 saturated carbocycles. The summed E-state index contributed by atoms with van der Waals surface area (Å²) in [7, 11) is 0. The fourth-order valence-corrected chi connectivity index (χ4v) is 3.51. The van der Waals surface area contributed by atoms with Gasteiger partial charge in [-0.2, -0.15) is 0 Å². The molecule has 1 aliphatic rings. The minimum Gasteiger partial charge on any atom is -0.396 e. The smallest absolute Gasteiger partial charge is 0.0745 e. The van der Waals surface area contributed by atoms with Crippen molar-refractivity contribution in [2.45, 2.75) is 25.4 Å². The van der Waals surface area contributed by atoms with Crippen molar-refractivity contribution in [3.63, 3.8) is 0 Å². The van der Waals surface area contributed by atoms with Crippen LogP contribution in [0, 0.1) is 0 Å². The van der Waals surface area contributed by atoms with Gasteiger partial charge in [0.15, 0.2) is 0 Å². The van der Waals surface area contributed by atoms with E-state index in [0.29, 0.717) is 6.04 Å². The zero-order valence-corrected chi connectivity index (χ0v) is 12.5. The highest BCUT2D eigenvalue weighted by Crippen LogP contribution is 2.40. The maximum Gasteiger partial charge on any atom is 0.0745 e. The van der Waals surface area contributed by atoms with E-state index in [-0.39, 0.29) is 0 Å². The number of nitrogens with two attached hydrogens (primary N) is 1. The standard InChI is InChI=1S/C17H17N3S/c18-15-10-19-16-6-2-1-5-14(16)17(15)20(12-7-8-12)11-13-4-3-9-21-13/h1-6,9-10,12H,7-8,11,18H2. The molecule has 0 spiro atoms. The van der Waals surface area contributed by atoms with E-state index in [1.807, 2.05) is 6.07 Å². The predicted molar refractivity (Wildman–Crippen MR) is 89.7 cm³/mol. The number of pyridine rings is 1. The Kier molecular flexibility index (Phi) is 3.04. The highest BCUT2D eigenvalue weighted by atomic mass is 32.1. The molecule has 1 aliphatic carbocycles. The predicted octanol–water partition coefficient (Wildman–Crippen LogP) is 4.05. The first-order valence-electron chi connectivity index (χ1n) is 7.25. The Morgan fingerprint density at radius 1 is 1.19 bits per heavy atom. The fraction of sp³-hybridized carbons (Fsp3) is 0.235. The van der Waals surface area contributed by atoms with Gasteiger partial charge in [0, 0.05) is 16.3 Å². The Balaban J connectivity index is 1.83. The Hall–Kier alpha value is -2.07. The highest BCUT2D eigenvalue weighted by Gasteiger charge is 2.31. The van der Waals surface area contributed by atoms with Crippen molar-refractivity contribution in [3.05, 3.63) is 52.9 Å². The van der Waals surface area contributed by atoms with Gasteiger partial charge in [0.2, 0.25) is 0 Å². The summed E-state index contributed by atoms with van der Waals surface area (Å²) < 4.78 is 0. The summed E-state index contributed by atoms with van der Waals surface area (Å²) in [6.07, 6.45) is 4.30. The van der Waals surface area contributed by atoms with Gasteiger partial charge in [-0.15, -0.1) is 11.3 Å². The lowest BCUT2D eigenvalue weighted by atomic mass is 10.1. The van der Waals surface area contributed by atoms with E-state index in [1.165, 1.54) is 17.7 Å². The van der Waals surface area contributed by atoms with Gasteiger partial charge in [-0.1, -0.05) is 24.3 Å². The van der Waals surface area contributed by atoms with Gasteiger partial charge in [-0.05, 0) is 30.4 Å². The summed E-state index contributed by atoms with van der Waals surface area (Å²) in [4.78, 5) is 8.29. The van der Waals surface area contributed by atoms with Crippen LogP contribution in [0.25, 0.3) is 10.9 Å². The molecule has 1 fully saturated rings. The minimum atomic E-state index is 0.611. The molecule has 21 heavy (non-hydrogen) atoms. The minimum absolute atomic E-state index is 0.611. The topological polar surface area (TPSA) is 42.1 Å². The zero-order valence-electron chi connectivity index (χ0n) is 11.7. The van der Waals surface area contributed by atoms with Gasteiger partial charge in [0.05, 0.1) is 29.6 Å². The van der Waals surface area contributed by atoms with Crippen LogP contribution in [0.15, 0.2) is 48.0 Å². The molecule has 2 heterocycles. The van der Waals surface area contributed by atoms with Crippen LogP contribution in [-0.4, -0.2) is 11.0 Å². The van der Waals surface area contributed by atoms with Crippen LogP contribution in [0.3, 0.4) is 0 Å². The Morgan fingerprint density at radius 2 is 2.05 bits per heavy atom. The Morgan fingerprint density at radius 3 is 2.81 bits per heavy atom. The van der Waals surface area contributed by atoms with Crippen LogP contribution in [0.2, 0.25) is 0 Å². The molecule has 1 aromatic carbocycles. The van der Waals surface area contributed by atoms with E-state index in [9.17, 15) is 0 Å². The van der Waals surface area contributed by atoms with Crippen molar-refractivity contribution in [2.75, 3.05) is 10.6 Å². The molecule has 4 rings (SSSR count). The number of aromatic nitrogens is 1. The summed E-state index contributed by atoms with van der Waals surface area (Å²) in [6, 6.07) is 13.2. The molecule has 0 radical (unpaired) electrons. The van der Waals surface area contributed by atoms with E-state index in [4.69, 9.17) is 5.73 Å². The van der Waals surface area contributed by atoms with E-state index in [2.05, 4.69) is 45.6 Å². The molecular formula is C17H17N3S. The van der Waals surface area contributed by atoms with E-state index >= 15 is 0 Å². The molecule has 0 aliphatic heterocycles. The van der Waals surface area contributed by atoms with Crippen LogP contribution < -0.4 is 10.6 Å². The summed E-state index contributed by atoms with van der Waals surface area (Å²) in [5, 5.41) is 3.29. The third kappa shape index (κ3) is 2.36. The zero-order chi connectivity index (χ0) is 14.2. The molecule has 0 atom stereocenters. The maximum atomic E-state index is 6.28. The number of rotatable bonds is 4. The average molecular weight is 295 g/mol. The number of hydrogen-bond donors (Lipinski definition) is 1. The lowest BCUT2D eigenvalue weighted by Gasteiger charge is -2.27. The number of hydrogen-bond acceptors (Lipinski definition) is 4. The number of anilines is 2. The Labute approximate surface area is 128 Å². The lowest BCUT2D eigenvalue weighted by molar-refractivity contribution is 0.808. The fourth-order valence-electron chi connectivity index (χ4n) is 2.81. The van der Waals surface area contributed by atoms with Gasteiger partial charge in [-0.3, -0.25) is 4.98 Å². The largest absolute Gasteiger partial charge is 0.396 e. The first-order valence-corrected chi connectivity index (χ1v) is 8.13. The number of nitrogens with zero attached hydrogens (tertiary/aromatic N) is 2. The first kappa shape index (κ1) is 12.7. The highest BCUT2D eigenvalue weighted by molar-refractivity contribution is 7.09. The van der Waals surface area contributed by atoms with Crippen LogP contribution in [0.1, 0.15) is 17.7 Å². The van der Waals surface area contributed by atoms with Crippen molar-refractivity contribution < 1.29 is 0 Å². The molecule has 3 aromatic rings. The molecule has 2 N–H and O–H groups in total. The monoisotopic (exact) mass is 295 g/mol. The number of para-hydroxylation sites is 1. The molecule has 0 unspecified atom stereocenters. The molecule has 4 heteroatoms. The number of thiophene rings is 1. The second kappa shape index (κ2) is 5.04. The normalized spacial score (nSPS) is 14.5. The third-order valence-corrected chi connectivity index (χ3v) is 4.82. The van der Waals surface area contributed by atoms with Crippen LogP contribution in [0.5, 0.6) is 0 Å². The van der Waals surface area contributed by atoms with Crippen molar-refractivity contribution >= 4 is 33.6 Å². The molecular weight excluding hydrogens is 278 g/mol.